The van der Waals surface area contributed by atoms with E-state index in [-0.39, 0.29) is 12.2 Å². The summed E-state index contributed by atoms with van der Waals surface area (Å²) in [7, 11) is 0. The van der Waals surface area contributed by atoms with E-state index < -0.39 is 24.2 Å². The third-order valence-electron chi connectivity index (χ3n) is 2.50. The number of carbonyl (C=O) groups excluding carboxylic acids is 3. The van der Waals surface area contributed by atoms with Crippen molar-refractivity contribution in [2.45, 2.75) is 18.1 Å². The molecule has 8 nitrogen and oxygen atoms in total. The second-order valence-corrected chi connectivity index (χ2v) is 5.13. The first-order valence-electron chi connectivity index (χ1n) is 6.30. The van der Waals surface area contributed by atoms with E-state index in [2.05, 4.69) is 15.8 Å². The van der Waals surface area contributed by atoms with Gasteiger partial charge in [-0.3, -0.25) is 20.4 Å². The van der Waals surface area contributed by atoms with Gasteiger partial charge in [0.15, 0.2) is 5.58 Å². The molecule has 0 fully saturated rings. The molecule has 1 aromatic heterocycles. The molecule has 9 heteroatoms. The van der Waals surface area contributed by atoms with E-state index in [1.54, 1.807) is 12.1 Å². The molecule has 0 aliphatic rings. The van der Waals surface area contributed by atoms with Crippen molar-refractivity contribution < 1.29 is 23.9 Å². The molecular weight excluding hydrogens is 310 g/mol. The molecule has 2 rings (SSSR count). The Labute approximate surface area is 129 Å². The topological polar surface area (TPSA) is 124 Å². The highest BCUT2D eigenvalue weighted by Crippen LogP contribution is 2.22. The van der Waals surface area contributed by atoms with E-state index in [1.807, 2.05) is 12.1 Å². The Balaban J connectivity index is 1.73. The number of aliphatic carboxylic acids is 1. The van der Waals surface area contributed by atoms with Crippen LogP contribution in [0.25, 0.3) is 11.1 Å². The van der Waals surface area contributed by atoms with E-state index in [0.717, 1.165) is 11.8 Å². The third kappa shape index (κ3) is 4.77. The normalized spacial score (nSPS) is 10.4. The van der Waals surface area contributed by atoms with Crippen LogP contribution in [0.1, 0.15) is 12.8 Å². The zero-order valence-corrected chi connectivity index (χ0v) is 12.1. The molecule has 2 amide bonds. The van der Waals surface area contributed by atoms with Gasteiger partial charge in [-0.15, -0.1) is 0 Å². The summed E-state index contributed by atoms with van der Waals surface area (Å²) in [6.07, 6.45) is -0.666. The Hall–Kier alpha value is -2.55. The number of carboxylic acids is 1. The number of nitrogens with zero attached hydrogens (tertiary/aromatic N) is 1. The summed E-state index contributed by atoms with van der Waals surface area (Å²) in [5.41, 5.74) is 5.60. The summed E-state index contributed by atoms with van der Waals surface area (Å²) >= 11 is 1.08. The lowest BCUT2D eigenvalue weighted by Gasteiger charge is -2.06. The minimum absolute atomic E-state index is 0.00636. The maximum absolute atomic E-state index is 11.5. The molecule has 0 saturated carbocycles. The number of carboxylic acid groups (broad SMARTS) is 1. The fourth-order valence-electron chi connectivity index (χ4n) is 1.49. The summed E-state index contributed by atoms with van der Waals surface area (Å²) in [5.74, 6) is -2.40. The van der Waals surface area contributed by atoms with Crippen molar-refractivity contribution in [1.82, 2.24) is 15.8 Å². The van der Waals surface area contributed by atoms with E-state index in [1.165, 1.54) is 0 Å². The Morgan fingerprint density at radius 3 is 2.59 bits per heavy atom. The SMILES string of the molecule is O=C([O-])CCC(=O)NNC(=O)CSc1nc2ccccc2o1. The molecular formula is C13H12N3O5S-. The van der Waals surface area contributed by atoms with E-state index in [4.69, 9.17) is 4.42 Å². The van der Waals surface area contributed by atoms with Gasteiger partial charge >= 0.3 is 0 Å². The fraction of sp³-hybridized carbons (Fsp3) is 0.231. The Bertz CT molecular complexity index is 667. The number of benzene rings is 1. The first kappa shape index (κ1) is 15.8. The molecule has 0 radical (unpaired) electrons. The number of para-hydroxylation sites is 2. The average molecular weight is 322 g/mol. The zero-order valence-electron chi connectivity index (χ0n) is 11.3. The molecule has 22 heavy (non-hydrogen) atoms. The second kappa shape index (κ2) is 7.46. The molecule has 0 bridgehead atoms. The highest BCUT2D eigenvalue weighted by molar-refractivity contribution is 7.99. The molecule has 0 aliphatic heterocycles. The van der Waals surface area contributed by atoms with Crippen molar-refractivity contribution in [2.24, 2.45) is 0 Å². The van der Waals surface area contributed by atoms with Crippen LogP contribution in [0.2, 0.25) is 0 Å². The van der Waals surface area contributed by atoms with Gasteiger partial charge in [0, 0.05) is 12.4 Å². The maximum Gasteiger partial charge on any atom is 0.257 e. The number of hydrazine groups is 1. The van der Waals surface area contributed by atoms with Crippen molar-refractivity contribution in [3.05, 3.63) is 24.3 Å². The highest BCUT2D eigenvalue weighted by Gasteiger charge is 2.09. The van der Waals surface area contributed by atoms with Gasteiger partial charge in [-0.05, 0) is 18.6 Å². The van der Waals surface area contributed by atoms with Crippen LogP contribution < -0.4 is 16.0 Å². The van der Waals surface area contributed by atoms with Crippen molar-refractivity contribution >= 4 is 40.6 Å². The summed E-state index contributed by atoms with van der Waals surface area (Å²) < 4.78 is 5.42. The molecule has 1 aromatic carbocycles. The predicted molar refractivity (Wildman–Crippen MR) is 75.3 cm³/mol. The van der Waals surface area contributed by atoms with Crippen LogP contribution in [-0.4, -0.2) is 28.5 Å². The third-order valence-corrected chi connectivity index (χ3v) is 3.33. The Morgan fingerprint density at radius 2 is 1.86 bits per heavy atom. The minimum Gasteiger partial charge on any atom is -0.550 e. The number of oxazole rings is 1. The molecule has 0 atom stereocenters. The summed E-state index contributed by atoms with van der Waals surface area (Å²) in [5, 5.41) is 10.5. The van der Waals surface area contributed by atoms with Crippen LogP contribution in [0.4, 0.5) is 0 Å². The smallest absolute Gasteiger partial charge is 0.257 e. The van der Waals surface area contributed by atoms with Gasteiger partial charge in [0.1, 0.15) is 5.52 Å². The summed E-state index contributed by atoms with van der Waals surface area (Å²) in [6, 6.07) is 7.20. The minimum atomic E-state index is -1.33. The first-order valence-corrected chi connectivity index (χ1v) is 7.29. The van der Waals surface area contributed by atoms with Gasteiger partial charge in [-0.25, -0.2) is 4.98 Å². The molecule has 0 spiro atoms. The van der Waals surface area contributed by atoms with Crippen LogP contribution >= 0.6 is 11.8 Å². The van der Waals surface area contributed by atoms with Crippen LogP contribution in [0.5, 0.6) is 0 Å². The van der Waals surface area contributed by atoms with Crippen molar-refractivity contribution in [1.29, 1.82) is 0 Å². The van der Waals surface area contributed by atoms with Crippen molar-refractivity contribution in [3.63, 3.8) is 0 Å². The monoisotopic (exact) mass is 322 g/mol. The van der Waals surface area contributed by atoms with E-state index in [9.17, 15) is 19.5 Å². The lowest BCUT2D eigenvalue weighted by molar-refractivity contribution is -0.305. The number of fused-ring (bicyclic) bond motifs is 1. The molecule has 2 aromatic rings. The van der Waals surface area contributed by atoms with Crippen molar-refractivity contribution in [2.75, 3.05) is 5.75 Å². The van der Waals surface area contributed by atoms with Crippen LogP contribution in [-0.2, 0) is 14.4 Å². The number of aromatic nitrogens is 1. The maximum atomic E-state index is 11.5. The lowest BCUT2D eigenvalue weighted by atomic mass is 10.3. The van der Waals surface area contributed by atoms with Gasteiger partial charge in [0.2, 0.25) is 11.8 Å². The number of amides is 2. The lowest BCUT2D eigenvalue weighted by Crippen LogP contribution is -2.42. The summed E-state index contributed by atoms with van der Waals surface area (Å²) in [6.45, 7) is 0. The highest BCUT2D eigenvalue weighted by atomic mass is 32.2. The fourth-order valence-corrected chi connectivity index (χ4v) is 2.13. The van der Waals surface area contributed by atoms with Crippen LogP contribution in [0, 0.1) is 0 Å². The largest absolute Gasteiger partial charge is 0.550 e. The van der Waals surface area contributed by atoms with Crippen LogP contribution in [0.3, 0.4) is 0 Å². The first-order chi connectivity index (χ1) is 10.5. The molecule has 2 N–H and O–H groups in total. The van der Waals surface area contributed by atoms with Gasteiger partial charge in [0.25, 0.3) is 5.22 Å². The Kier molecular flexibility index (Phi) is 5.37. The molecule has 116 valence electrons. The Morgan fingerprint density at radius 1 is 1.14 bits per heavy atom. The number of rotatable bonds is 6. The van der Waals surface area contributed by atoms with Gasteiger partial charge in [-0.2, -0.15) is 0 Å². The number of hydrogen-bond acceptors (Lipinski definition) is 7. The van der Waals surface area contributed by atoms with Gasteiger partial charge in [-0.1, -0.05) is 23.9 Å². The second-order valence-electron chi connectivity index (χ2n) is 4.20. The van der Waals surface area contributed by atoms with E-state index >= 15 is 0 Å². The standard InChI is InChI=1S/C13H13N3O5S/c17-10(5-6-12(19)20)15-16-11(18)7-22-13-14-8-3-1-2-4-9(8)21-13/h1-4H,5-7H2,(H,15,17)(H,16,18)(H,19,20)/p-1. The quantitative estimate of drug-likeness (QED) is 0.547. The number of hydrogen-bond donors (Lipinski definition) is 2. The van der Waals surface area contributed by atoms with Gasteiger partial charge < -0.3 is 14.3 Å². The predicted octanol–water partition coefficient (Wildman–Crippen LogP) is -0.403. The number of thioether (sulfide) groups is 1. The number of nitrogens with one attached hydrogen (secondary N) is 2. The molecule has 0 saturated heterocycles. The summed E-state index contributed by atoms with van der Waals surface area (Å²) in [4.78, 5) is 37.1. The van der Waals surface area contributed by atoms with Gasteiger partial charge in [0.05, 0.1) is 5.75 Å². The molecule has 1 heterocycles. The van der Waals surface area contributed by atoms with E-state index in [0.29, 0.717) is 16.3 Å². The average Bonchev–Trinajstić information content (AvgIpc) is 2.91. The number of carbonyl (C=O) groups is 3. The van der Waals surface area contributed by atoms with Crippen LogP contribution in [0.15, 0.2) is 33.9 Å². The van der Waals surface area contributed by atoms with Crippen molar-refractivity contribution in [3.8, 4) is 0 Å². The zero-order chi connectivity index (χ0) is 15.9. The molecule has 0 unspecified atom stereocenters. The molecule has 0 aliphatic carbocycles.